The summed E-state index contributed by atoms with van der Waals surface area (Å²) in [6, 6.07) is 6.49. The molecule has 0 N–H and O–H groups in total. The lowest BCUT2D eigenvalue weighted by molar-refractivity contribution is -0.115. The lowest BCUT2D eigenvalue weighted by Gasteiger charge is -2.17. The zero-order valence-corrected chi connectivity index (χ0v) is 10.1. The second kappa shape index (κ2) is 5.26. The standard InChI is InChI=1S/C15H17FO/c1-11-6-8-12(9-7-11)15(17)10-13-4-2-3-5-14(13)16/h2-5,8,11H,6-7,9-10H2,1H3. The lowest BCUT2D eigenvalue weighted by Crippen LogP contribution is -2.12. The van der Waals surface area contributed by atoms with Crippen molar-refractivity contribution in [2.75, 3.05) is 0 Å². The fraction of sp³-hybridized carbons (Fsp3) is 0.400. The molecule has 0 fully saturated rings. The molecular formula is C15H17FO. The van der Waals surface area contributed by atoms with Gasteiger partial charge in [-0.25, -0.2) is 4.39 Å². The molecule has 1 aromatic rings. The minimum atomic E-state index is -0.286. The normalized spacial score (nSPS) is 19.9. The van der Waals surface area contributed by atoms with Crippen molar-refractivity contribution in [3.63, 3.8) is 0 Å². The number of carbonyl (C=O) groups excluding carboxylic acids is 1. The quantitative estimate of drug-likeness (QED) is 0.777. The number of rotatable bonds is 3. The fourth-order valence-corrected chi connectivity index (χ4v) is 2.15. The molecule has 17 heavy (non-hydrogen) atoms. The van der Waals surface area contributed by atoms with Crippen LogP contribution in [0.2, 0.25) is 0 Å². The summed E-state index contributed by atoms with van der Waals surface area (Å²) >= 11 is 0. The van der Waals surface area contributed by atoms with Gasteiger partial charge in [-0.15, -0.1) is 0 Å². The van der Waals surface area contributed by atoms with Gasteiger partial charge in [-0.05, 0) is 42.4 Å². The summed E-state index contributed by atoms with van der Waals surface area (Å²) < 4.78 is 13.4. The Hall–Kier alpha value is -1.44. The topological polar surface area (TPSA) is 17.1 Å². The van der Waals surface area contributed by atoms with Crippen LogP contribution in [0.4, 0.5) is 4.39 Å². The van der Waals surface area contributed by atoms with Crippen LogP contribution in [-0.4, -0.2) is 5.78 Å². The van der Waals surface area contributed by atoms with Crippen LogP contribution in [0.3, 0.4) is 0 Å². The molecule has 1 unspecified atom stereocenters. The molecule has 0 bridgehead atoms. The van der Waals surface area contributed by atoms with Crippen molar-refractivity contribution in [1.29, 1.82) is 0 Å². The van der Waals surface area contributed by atoms with Crippen molar-refractivity contribution >= 4 is 5.78 Å². The van der Waals surface area contributed by atoms with Gasteiger partial charge < -0.3 is 0 Å². The highest BCUT2D eigenvalue weighted by atomic mass is 19.1. The summed E-state index contributed by atoms with van der Waals surface area (Å²) in [4.78, 5) is 12.0. The van der Waals surface area contributed by atoms with E-state index in [2.05, 4.69) is 6.92 Å². The van der Waals surface area contributed by atoms with Crippen LogP contribution in [-0.2, 0) is 11.2 Å². The smallest absolute Gasteiger partial charge is 0.163 e. The van der Waals surface area contributed by atoms with Gasteiger partial charge in [0.25, 0.3) is 0 Å². The molecular weight excluding hydrogens is 215 g/mol. The van der Waals surface area contributed by atoms with Crippen LogP contribution in [0, 0.1) is 11.7 Å². The zero-order valence-electron chi connectivity index (χ0n) is 10.1. The molecule has 0 radical (unpaired) electrons. The van der Waals surface area contributed by atoms with Gasteiger partial charge in [0.1, 0.15) is 5.82 Å². The van der Waals surface area contributed by atoms with Crippen molar-refractivity contribution in [2.45, 2.75) is 32.6 Å². The molecule has 1 aliphatic rings. The highest BCUT2D eigenvalue weighted by Gasteiger charge is 2.17. The monoisotopic (exact) mass is 232 g/mol. The predicted octanol–water partition coefficient (Wildman–Crippen LogP) is 3.68. The first-order valence-corrected chi connectivity index (χ1v) is 6.12. The molecule has 0 saturated heterocycles. The number of halogens is 1. The average molecular weight is 232 g/mol. The molecule has 1 aliphatic carbocycles. The van der Waals surface area contributed by atoms with Crippen LogP contribution in [0.15, 0.2) is 35.9 Å². The summed E-state index contributed by atoms with van der Waals surface area (Å²) in [5.74, 6) is 0.452. The van der Waals surface area contributed by atoms with E-state index >= 15 is 0 Å². The Kier molecular flexibility index (Phi) is 3.72. The van der Waals surface area contributed by atoms with Crippen molar-refractivity contribution in [1.82, 2.24) is 0 Å². The van der Waals surface area contributed by atoms with E-state index in [9.17, 15) is 9.18 Å². The lowest BCUT2D eigenvalue weighted by atomic mass is 9.88. The van der Waals surface area contributed by atoms with Gasteiger partial charge in [0.2, 0.25) is 0 Å². The number of ketones is 1. The Morgan fingerprint density at radius 3 is 2.82 bits per heavy atom. The summed E-state index contributed by atoms with van der Waals surface area (Å²) in [5.41, 5.74) is 1.38. The van der Waals surface area contributed by atoms with Gasteiger partial charge in [-0.3, -0.25) is 4.79 Å². The summed E-state index contributed by atoms with van der Waals surface area (Å²) in [5, 5.41) is 0. The first-order chi connectivity index (χ1) is 8.16. The third-order valence-electron chi connectivity index (χ3n) is 3.34. The SMILES string of the molecule is CC1CC=C(C(=O)Cc2ccccc2F)CC1. The molecule has 0 heterocycles. The number of hydrogen-bond donors (Lipinski definition) is 0. The van der Waals surface area contributed by atoms with E-state index in [1.165, 1.54) is 6.07 Å². The highest BCUT2D eigenvalue weighted by Crippen LogP contribution is 2.24. The van der Waals surface area contributed by atoms with Crippen LogP contribution >= 0.6 is 0 Å². The molecule has 0 amide bonds. The van der Waals surface area contributed by atoms with Crippen molar-refractivity contribution in [2.24, 2.45) is 5.92 Å². The van der Waals surface area contributed by atoms with Gasteiger partial charge in [0.15, 0.2) is 5.78 Å². The van der Waals surface area contributed by atoms with E-state index in [4.69, 9.17) is 0 Å². The Bertz CT molecular complexity index is 448. The number of benzene rings is 1. The van der Waals surface area contributed by atoms with Gasteiger partial charge in [0.05, 0.1) is 0 Å². The highest BCUT2D eigenvalue weighted by molar-refractivity contribution is 5.96. The van der Waals surface area contributed by atoms with Crippen LogP contribution < -0.4 is 0 Å². The first-order valence-electron chi connectivity index (χ1n) is 6.12. The molecule has 2 rings (SSSR count). The second-order valence-corrected chi connectivity index (χ2v) is 4.80. The molecule has 2 heteroatoms. The van der Waals surface area contributed by atoms with Gasteiger partial charge in [-0.1, -0.05) is 31.2 Å². The second-order valence-electron chi connectivity index (χ2n) is 4.80. The molecule has 1 atom stereocenters. The maximum absolute atomic E-state index is 13.4. The summed E-state index contributed by atoms with van der Waals surface area (Å²) in [6.45, 7) is 2.19. The van der Waals surface area contributed by atoms with E-state index in [0.29, 0.717) is 11.5 Å². The Balaban J connectivity index is 2.05. The number of Topliss-reactive ketones (excluding diaryl/α,β-unsaturated/α-hetero) is 1. The van der Waals surface area contributed by atoms with Crippen molar-refractivity contribution in [3.8, 4) is 0 Å². The average Bonchev–Trinajstić information content (AvgIpc) is 2.33. The maximum Gasteiger partial charge on any atom is 0.163 e. The fourth-order valence-electron chi connectivity index (χ4n) is 2.15. The van der Waals surface area contributed by atoms with E-state index in [0.717, 1.165) is 24.8 Å². The minimum absolute atomic E-state index is 0.0713. The Morgan fingerprint density at radius 1 is 1.41 bits per heavy atom. The summed E-state index contributed by atoms with van der Waals surface area (Å²) in [6.07, 6.45) is 5.09. The van der Waals surface area contributed by atoms with Crippen molar-refractivity contribution in [3.05, 3.63) is 47.3 Å². The summed E-state index contributed by atoms with van der Waals surface area (Å²) in [7, 11) is 0. The van der Waals surface area contributed by atoms with Gasteiger partial charge in [-0.2, -0.15) is 0 Å². The molecule has 0 saturated carbocycles. The molecule has 0 aromatic heterocycles. The Labute approximate surface area is 101 Å². The van der Waals surface area contributed by atoms with E-state index in [1.807, 2.05) is 6.08 Å². The van der Waals surface area contributed by atoms with E-state index in [-0.39, 0.29) is 18.0 Å². The van der Waals surface area contributed by atoms with E-state index in [1.54, 1.807) is 18.2 Å². The molecule has 0 aliphatic heterocycles. The van der Waals surface area contributed by atoms with Gasteiger partial charge >= 0.3 is 0 Å². The van der Waals surface area contributed by atoms with Gasteiger partial charge in [0, 0.05) is 6.42 Å². The maximum atomic E-state index is 13.4. The first kappa shape index (κ1) is 12.0. The third-order valence-corrected chi connectivity index (χ3v) is 3.34. The third kappa shape index (κ3) is 3.02. The van der Waals surface area contributed by atoms with Crippen LogP contribution in [0.25, 0.3) is 0 Å². The van der Waals surface area contributed by atoms with E-state index < -0.39 is 0 Å². The predicted molar refractivity (Wildman–Crippen MR) is 66.2 cm³/mol. The van der Waals surface area contributed by atoms with Crippen LogP contribution in [0.5, 0.6) is 0 Å². The number of carbonyl (C=O) groups is 1. The van der Waals surface area contributed by atoms with Crippen molar-refractivity contribution < 1.29 is 9.18 Å². The van der Waals surface area contributed by atoms with Crippen LogP contribution in [0.1, 0.15) is 31.7 Å². The number of hydrogen-bond acceptors (Lipinski definition) is 1. The minimum Gasteiger partial charge on any atom is -0.294 e. The largest absolute Gasteiger partial charge is 0.294 e. The molecule has 90 valence electrons. The molecule has 0 spiro atoms. The molecule has 1 nitrogen and oxygen atoms in total. The number of allylic oxidation sites excluding steroid dienone is 2. The molecule has 1 aromatic carbocycles. The zero-order chi connectivity index (χ0) is 12.3. The Morgan fingerprint density at radius 2 is 2.18 bits per heavy atom.